The van der Waals surface area contributed by atoms with Gasteiger partial charge in [-0.15, -0.1) is 18.3 Å². The summed E-state index contributed by atoms with van der Waals surface area (Å²) in [6, 6.07) is 17.1. The average Bonchev–Trinajstić information content (AvgIpc) is 3.50. The van der Waals surface area contributed by atoms with Crippen molar-refractivity contribution in [3.63, 3.8) is 0 Å². The molecule has 3 aromatic carbocycles. The van der Waals surface area contributed by atoms with Crippen LogP contribution in [0.4, 0.5) is 28.0 Å². The van der Waals surface area contributed by atoms with E-state index < -0.39 is 18.2 Å². The number of alkyl halides is 3. The number of aromatic nitrogens is 3. The molecule has 5 rings (SSSR count). The topological polar surface area (TPSA) is 84.6 Å². The van der Waals surface area contributed by atoms with Crippen molar-refractivity contribution in [3.8, 4) is 22.8 Å². The summed E-state index contributed by atoms with van der Waals surface area (Å²) in [7, 11) is 0. The van der Waals surface area contributed by atoms with E-state index in [1.54, 1.807) is 12.1 Å². The maximum atomic E-state index is 15.0. The second-order valence-electron chi connectivity index (χ2n) is 11.0. The lowest BCUT2D eigenvalue weighted by molar-refractivity contribution is -0.274. The molecule has 2 amide bonds. The number of hydrogen-bond donors (Lipinski definition) is 1. The number of nitrogens with zero attached hydrogens (tertiary/aromatic N) is 5. The first-order chi connectivity index (χ1) is 21.9. The molecule has 0 bridgehead atoms. The van der Waals surface area contributed by atoms with E-state index in [0.29, 0.717) is 22.2 Å². The standard InChI is InChI=1S/C33H32F4N6O2S/c1-20(2)29-21(3)6-5-7-28(29)43-22(4)16-17-46-32(43)40-31(44)38-18-27(34)23-8-10-24(11-9-23)30-39-19-42(41-30)25-12-14-26(15-13-25)45-33(35,36)37/h5-15,18-20,22H,16-17H2,1-4H3,(H,38,44)/b27-18-,40-32?. The molecule has 1 aliphatic rings. The number of benzene rings is 3. The summed E-state index contributed by atoms with van der Waals surface area (Å²) >= 11 is 1.50. The molecule has 1 atom stereocenters. The van der Waals surface area contributed by atoms with E-state index in [4.69, 9.17) is 0 Å². The number of urea groups is 1. The Labute approximate surface area is 268 Å². The maximum absolute atomic E-state index is 15.0. The van der Waals surface area contributed by atoms with Crippen LogP contribution in [0.15, 0.2) is 84.2 Å². The van der Waals surface area contributed by atoms with Gasteiger partial charge < -0.3 is 15.0 Å². The van der Waals surface area contributed by atoms with E-state index in [0.717, 1.165) is 24.1 Å². The smallest absolute Gasteiger partial charge is 0.406 e. The van der Waals surface area contributed by atoms with Gasteiger partial charge in [0.15, 0.2) is 11.0 Å². The molecular weight excluding hydrogens is 620 g/mol. The lowest BCUT2D eigenvalue weighted by atomic mass is 9.95. The highest BCUT2D eigenvalue weighted by atomic mass is 32.2. The van der Waals surface area contributed by atoms with Crippen molar-refractivity contribution < 1.29 is 27.1 Å². The van der Waals surface area contributed by atoms with E-state index in [2.05, 4.69) is 69.9 Å². The monoisotopic (exact) mass is 652 g/mol. The fourth-order valence-corrected chi connectivity index (χ4v) is 6.39. The van der Waals surface area contributed by atoms with Crippen LogP contribution in [-0.2, 0) is 0 Å². The van der Waals surface area contributed by atoms with Gasteiger partial charge in [-0.25, -0.2) is 18.9 Å². The summed E-state index contributed by atoms with van der Waals surface area (Å²) < 4.78 is 57.6. The summed E-state index contributed by atoms with van der Waals surface area (Å²) in [4.78, 5) is 23.5. The van der Waals surface area contributed by atoms with Crippen LogP contribution in [0, 0.1) is 6.92 Å². The van der Waals surface area contributed by atoms with Crippen molar-refractivity contribution >= 4 is 34.5 Å². The summed E-state index contributed by atoms with van der Waals surface area (Å²) in [6.45, 7) is 8.47. The fourth-order valence-electron chi connectivity index (χ4n) is 5.19. The quantitative estimate of drug-likeness (QED) is 0.201. The van der Waals surface area contributed by atoms with Crippen molar-refractivity contribution in [3.05, 3.63) is 95.9 Å². The number of amidine groups is 1. The van der Waals surface area contributed by atoms with Crippen LogP contribution >= 0.6 is 11.8 Å². The minimum Gasteiger partial charge on any atom is -0.406 e. The van der Waals surface area contributed by atoms with Gasteiger partial charge in [-0.2, -0.15) is 4.99 Å². The number of anilines is 1. The van der Waals surface area contributed by atoms with E-state index in [1.165, 1.54) is 70.3 Å². The molecule has 1 saturated heterocycles. The number of thioether (sulfide) groups is 1. The summed E-state index contributed by atoms with van der Waals surface area (Å²) in [5.41, 5.74) is 4.68. The van der Waals surface area contributed by atoms with Gasteiger partial charge in [-0.1, -0.05) is 62.0 Å². The SMILES string of the molecule is Cc1cccc(N2C(=NC(=O)N/C=C(\F)c3ccc(-c4ncn(-c5ccc(OC(F)(F)F)cc5)n4)cc3)SCCC2C)c1C(C)C. The van der Waals surface area contributed by atoms with Crippen LogP contribution in [0.1, 0.15) is 49.8 Å². The van der Waals surface area contributed by atoms with Gasteiger partial charge in [0.25, 0.3) is 0 Å². The first-order valence-corrected chi connectivity index (χ1v) is 15.5. The molecule has 0 saturated carbocycles. The fraction of sp³-hybridized carbons (Fsp3) is 0.273. The van der Waals surface area contributed by atoms with Gasteiger partial charge in [-0.05, 0) is 67.6 Å². The van der Waals surface area contributed by atoms with E-state index in [9.17, 15) is 18.0 Å². The molecule has 240 valence electrons. The molecule has 1 aromatic heterocycles. The molecule has 1 unspecified atom stereocenters. The number of hydrogen-bond acceptors (Lipinski definition) is 5. The third-order valence-electron chi connectivity index (χ3n) is 7.32. The number of halogens is 4. The van der Waals surface area contributed by atoms with Crippen LogP contribution in [0.25, 0.3) is 22.9 Å². The maximum Gasteiger partial charge on any atom is 0.573 e. The van der Waals surface area contributed by atoms with E-state index in [1.807, 2.05) is 6.07 Å². The van der Waals surface area contributed by atoms with Crippen LogP contribution in [0.2, 0.25) is 0 Å². The molecule has 0 spiro atoms. The molecule has 1 N–H and O–H groups in total. The van der Waals surface area contributed by atoms with Crippen molar-refractivity contribution in [2.24, 2.45) is 4.99 Å². The Hall–Kier alpha value is -4.65. The third kappa shape index (κ3) is 7.76. The predicted octanol–water partition coefficient (Wildman–Crippen LogP) is 8.63. The van der Waals surface area contributed by atoms with Crippen LogP contribution in [0.5, 0.6) is 5.75 Å². The molecule has 2 heterocycles. The summed E-state index contributed by atoms with van der Waals surface area (Å²) in [5.74, 6) is 0.413. The molecule has 0 aliphatic carbocycles. The molecular formula is C33H32F4N6O2S. The molecule has 46 heavy (non-hydrogen) atoms. The van der Waals surface area contributed by atoms with Crippen molar-refractivity contribution in [2.75, 3.05) is 10.7 Å². The number of aryl methyl sites for hydroxylation is 1. The molecule has 1 aliphatic heterocycles. The first-order valence-electron chi connectivity index (χ1n) is 14.5. The predicted molar refractivity (Wildman–Crippen MR) is 173 cm³/mol. The van der Waals surface area contributed by atoms with Gasteiger partial charge >= 0.3 is 12.4 Å². The number of nitrogens with one attached hydrogen (secondary N) is 1. The Balaban J connectivity index is 1.26. The zero-order valence-electron chi connectivity index (χ0n) is 25.5. The Morgan fingerprint density at radius 2 is 1.83 bits per heavy atom. The van der Waals surface area contributed by atoms with Gasteiger partial charge in [0.1, 0.15) is 17.9 Å². The van der Waals surface area contributed by atoms with Crippen molar-refractivity contribution in [1.82, 2.24) is 20.1 Å². The van der Waals surface area contributed by atoms with Gasteiger partial charge in [0.05, 0.1) is 5.69 Å². The van der Waals surface area contributed by atoms with Crippen molar-refractivity contribution in [1.29, 1.82) is 0 Å². The van der Waals surface area contributed by atoms with Gasteiger partial charge in [-0.3, -0.25) is 0 Å². The second-order valence-corrected chi connectivity index (χ2v) is 12.0. The minimum absolute atomic E-state index is 0.136. The third-order valence-corrected chi connectivity index (χ3v) is 8.30. The Bertz CT molecular complexity index is 1750. The normalized spacial score (nSPS) is 16.6. The van der Waals surface area contributed by atoms with Crippen molar-refractivity contribution in [2.45, 2.75) is 52.4 Å². The van der Waals surface area contributed by atoms with Gasteiger partial charge in [0, 0.05) is 34.8 Å². The highest BCUT2D eigenvalue weighted by Crippen LogP contribution is 2.36. The molecule has 4 aromatic rings. The number of aliphatic imine (C=N–C) groups is 1. The van der Waals surface area contributed by atoms with Crippen LogP contribution < -0.4 is 15.0 Å². The largest absolute Gasteiger partial charge is 0.573 e. The Morgan fingerprint density at radius 3 is 2.50 bits per heavy atom. The van der Waals surface area contributed by atoms with E-state index >= 15 is 4.39 Å². The lowest BCUT2D eigenvalue weighted by Gasteiger charge is -2.37. The minimum atomic E-state index is -4.78. The number of amides is 2. The molecule has 13 heteroatoms. The molecule has 8 nitrogen and oxygen atoms in total. The summed E-state index contributed by atoms with van der Waals surface area (Å²) in [5, 5.41) is 7.37. The second kappa shape index (κ2) is 13.8. The van der Waals surface area contributed by atoms with Gasteiger partial charge in [0.2, 0.25) is 0 Å². The van der Waals surface area contributed by atoms with E-state index in [-0.39, 0.29) is 23.3 Å². The number of carbonyl (C=O) groups is 1. The average molecular weight is 653 g/mol. The lowest BCUT2D eigenvalue weighted by Crippen LogP contribution is -2.42. The molecule has 1 fully saturated rings. The highest BCUT2D eigenvalue weighted by molar-refractivity contribution is 8.14. The summed E-state index contributed by atoms with van der Waals surface area (Å²) in [6.07, 6.45) is -1.45. The zero-order chi connectivity index (χ0) is 33.0. The molecule has 0 radical (unpaired) electrons. The number of rotatable bonds is 7. The Morgan fingerprint density at radius 1 is 1.11 bits per heavy atom. The zero-order valence-corrected chi connectivity index (χ0v) is 26.4. The number of carbonyl (C=O) groups excluding carboxylic acids is 1. The highest BCUT2D eigenvalue weighted by Gasteiger charge is 2.31. The van der Waals surface area contributed by atoms with Crippen LogP contribution in [-0.4, -0.2) is 44.1 Å². The van der Waals surface area contributed by atoms with Crippen LogP contribution in [0.3, 0.4) is 0 Å². The first kappa shape index (κ1) is 32.7. The Kier molecular flexibility index (Phi) is 9.80. The number of ether oxygens (including phenoxy) is 1.